The first-order chi connectivity index (χ1) is 9.95. The van der Waals surface area contributed by atoms with E-state index in [4.69, 9.17) is 10.4 Å². The summed E-state index contributed by atoms with van der Waals surface area (Å²) in [6, 6.07) is 3.90. The van der Waals surface area contributed by atoms with E-state index in [1.165, 1.54) is 6.07 Å². The summed E-state index contributed by atoms with van der Waals surface area (Å²) in [4.78, 5) is 5.37. The molecule has 4 nitrogen and oxygen atoms in total. The van der Waals surface area contributed by atoms with Crippen molar-refractivity contribution in [2.75, 3.05) is 24.6 Å². The third-order valence-electron chi connectivity index (χ3n) is 3.64. The maximum Gasteiger partial charge on any atom is 0.433 e. The van der Waals surface area contributed by atoms with Gasteiger partial charge < -0.3 is 10.0 Å². The zero-order valence-corrected chi connectivity index (χ0v) is 11.4. The molecule has 7 heteroatoms. The number of halogens is 3. The van der Waals surface area contributed by atoms with Crippen LogP contribution >= 0.6 is 0 Å². The lowest BCUT2D eigenvalue weighted by atomic mass is 9.95. The van der Waals surface area contributed by atoms with Crippen LogP contribution in [0, 0.1) is 17.2 Å². The van der Waals surface area contributed by atoms with Crippen LogP contribution in [0.15, 0.2) is 12.1 Å². The van der Waals surface area contributed by atoms with Crippen molar-refractivity contribution < 1.29 is 18.3 Å². The summed E-state index contributed by atoms with van der Waals surface area (Å²) in [7, 11) is 0. The number of pyridine rings is 1. The van der Waals surface area contributed by atoms with Gasteiger partial charge in [0.2, 0.25) is 0 Å². The maximum absolute atomic E-state index is 12.8. The number of piperidine rings is 1. The number of aliphatic hydroxyl groups excluding tert-OH is 1. The Bertz CT molecular complexity index is 537. The molecule has 1 saturated heterocycles. The number of hydrogen-bond donors (Lipinski definition) is 1. The molecule has 0 aromatic carbocycles. The molecule has 0 spiro atoms. The Labute approximate surface area is 120 Å². The molecule has 1 fully saturated rings. The molecule has 1 aliphatic heterocycles. The molecule has 1 N–H and O–H groups in total. The number of alkyl halides is 3. The van der Waals surface area contributed by atoms with Crippen molar-refractivity contribution in [2.24, 2.45) is 5.92 Å². The van der Waals surface area contributed by atoms with Gasteiger partial charge in [0.1, 0.15) is 17.6 Å². The molecule has 0 radical (unpaired) electrons. The average molecular weight is 299 g/mol. The van der Waals surface area contributed by atoms with Crippen molar-refractivity contribution in [1.29, 1.82) is 5.26 Å². The molecule has 0 aliphatic carbocycles. The van der Waals surface area contributed by atoms with E-state index >= 15 is 0 Å². The third kappa shape index (κ3) is 3.64. The van der Waals surface area contributed by atoms with Gasteiger partial charge in [-0.25, -0.2) is 4.98 Å². The smallest absolute Gasteiger partial charge is 0.396 e. The molecule has 114 valence electrons. The second-order valence-corrected chi connectivity index (χ2v) is 5.14. The zero-order chi connectivity index (χ0) is 15.5. The average Bonchev–Trinajstić information content (AvgIpc) is 2.46. The Morgan fingerprint density at radius 3 is 2.81 bits per heavy atom. The molecule has 1 atom stereocenters. The summed E-state index contributed by atoms with van der Waals surface area (Å²) < 4.78 is 38.3. The Hall–Kier alpha value is -1.81. The van der Waals surface area contributed by atoms with E-state index in [9.17, 15) is 13.2 Å². The first-order valence-electron chi connectivity index (χ1n) is 6.80. The molecular formula is C14H16F3N3O. The van der Waals surface area contributed by atoms with Gasteiger partial charge in [0.25, 0.3) is 0 Å². The normalized spacial score (nSPS) is 19.4. The lowest BCUT2D eigenvalue weighted by Crippen LogP contribution is -2.37. The Kier molecular flexibility index (Phi) is 4.68. The van der Waals surface area contributed by atoms with Crippen molar-refractivity contribution in [3.8, 4) is 6.07 Å². The fourth-order valence-corrected chi connectivity index (χ4v) is 2.61. The summed E-state index contributed by atoms with van der Waals surface area (Å²) in [5.41, 5.74) is -0.839. The van der Waals surface area contributed by atoms with E-state index < -0.39 is 11.9 Å². The number of aromatic nitrogens is 1. The predicted octanol–water partition coefficient (Wildman–Crippen LogP) is 2.57. The summed E-state index contributed by atoms with van der Waals surface area (Å²) in [5.74, 6) is 0.307. The van der Waals surface area contributed by atoms with E-state index in [-0.39, 0.29) is 23.9 Å². The molecule has 21 heavy (non-hydrogen) atoms. The minimum Gasteiger partial charge on any atom is -0.396 e. The van der Waals surface area contributed by atoms with Gasteiger partial charge in [0, 0.05) is 19.7 Å². The van der Waals surface area contributed by atoms with Gasteiger partial charge >= 0.3 is 6.18 Å². The van der Waals surface area contributed by atoms with E-state index in [0.29, 0.717) is 19.5 Å². The summed E-state index contributed by atoms with van der Waals surface area (Å²) in [6.45, 7) is 1.15. The van der Waals surface area contributed by atoms with Crippen molar-refractivity contribution in [3.63, 3.8) is 0 Å². The van der Waals surface area contributed by atoms with Crippen LogP contribution in [0.1, 0.15) is 30.5 Å². The standard InChI is InChI=1S/C14H16F3N3O/c15-14(16,17)12-4-3-11(8-18)13(19-12)20-6-1-2-10(9-20)5-7-21/h3-4,10,21H,1-2,5-7,9H2. The molecule has 2 rings (SSSR count). The predicted molar refractivity (Wildman–Crippen MR) is 70.6 cm³/mol. The second-order valence-electron chi connectivity index (χ2n) is 5.14. The van der Waals surface area contributed by atoms with Gasteiger partial charge in [-0.15, -0.1) is 0 Å². The highest BCUT2D eigenvalue weighted by Gasteiger charge is 2.34. The van der Waals surface area contributed by atoms with Gasteiger partial charge in [-0.05, 0) is 37.3 Å². The highest BCUT2D eigenvalue weighted by Crippen LogP contribution is 2.32. The Morgan fingerprint density at radius 2 is 2.19 bits per heavy atom. The fraction of sp³-hybridized carbons (Fsp3) is 0.571. The molecule has 0 amide bonds. The minimum absolute atomic E-state index is 0.0552. The van der Waals surface area contributed by atoms with Gasteiger partial charge in [0.15, 0.2) is 0 Å². The third-order valence-corrected chi connectivity index (χ3v) is 3.64. The van der Waals surface area contributed by atoms with Gasteiger partial charge in [-0.1, -0.05) is 0 Å². The Balaban J connectivity index is 2.30. The summed E-state index contributed by atoms with van der Waals surface area (Å²) in [6.07, 6.45) is -2.17. The molecule has 1 aliphatic rings. The molecule has 0 saturated carbocycles. The van der Waals surface area contributed by atoms with Gasteiger partial charge in [0.05, 0.1) is 5.56 Å². The molecular weight excluding hydrogens is 283 g/mol. The number of rotatable bonds is 3. The Morgan fingerprint density at radius 1 is 1.43 bits per heavy atom. The zero-order valence-electron chi connectivity index (χ0n) is 11.4. The first kappa shape index (κ1) is 15.6. The van der Waals surface area contributed by atoms with Crippen LogP contribution in [-0.4, -0.2) is 29.8 Å². The van der Waals surface area contributed by atoms with Crippen LogP contribution in [0.25, 0.3) is 0 Å². The van der Waals surface area contributed by atoms with Gasteiger partial charge in [-0.3, -0.25) is 0 Å². The largest absolute Gasteiger partial charge is 0.433 e. The SMILES string of the molecule is N#Cc1ccc(C(F)(F)F)nc1N1CCCC(CCO)C1. The van der Waals surface area contributed by atoms with Gasteiger partial charge in [-0.2, -0.15) is 18.4 Å². The van der Waals surface area contributed by atoms with E-state index in [1.807, 2.05) is 6.07 Å². The van der Waals surface area contributed by atoms with Crippen LogP contribution in [-0.2, 0) is 6.18 Å². The quantitative estimate of drug-likeness (QED) is 0.932. The molecule has 2 heterocycles. The molecule has 1 unspecified atom stereocenters. The van der Waals surface area contributed by atoms with Crippen LogP contribution in [0.4, 0.5) is 19.0 Å². The van der Waals surface area contributed by atoms with Crippen molar-refractivity contribution >= 4 is 5.82 Å². The molecule has 1 aromatic heterocycles. The summed E-state index contributed by atoms with van der Waals surface area (Å²) >= 11 is 0. The minimum atomic E-state index is -4.52. The maximum atomic E-state index is 12.8. The first-order valence-corrected chi connectivity index (χ1v) is 6.80. The number of hydrogen-bond acceptors (Lipinski definition) is 4. The van der Waals surface area contributed by atoms with Crippen molar-refractivity contribution in [3.05, 3.63) is 23.4 Å². The summed E-state index contributed by atoms with van der Waals surface area (Å²) in [5, 5.41) is 18.1. The van der Waals surface area contributed by atoms with Crippen LogP contribution in [0.2, 0.25) is 0 Å². The lowest BCUT2D eigenvalue weighted by Gasteiger charge is -2.34. The highest BCUT2D eigenvalue weighted by molar-refractivity contribution is 5.54. The van der Waals surface area contributed by atoms with E-state index in [2.05, 4.69) is 4.98 Å². The number of nitrogens with zero attached hydrogens (tertiary/aromatic N) is 3. The number of nitriles is 1. The number of anilines is 1. The van der Waals surface area contributed by atoms with E-state index in [1.54, 1.807) is 4.90 Å². The fourth-order valence-electron chi connectivity index (χ4n) is 2.61. The topological polar surface area (TPSA) is 60.2 Å². The van der Waals surface area contributed by atoms with Crippen LogP contribution in [0.3, 0.4) is 0 Å². The van der Waals surface area contributed by atoms with Crippen LogP contribution < -0.4 is 4.90 Å². The van der Waals surface area contributed by atoms with Crippen molar-refractivity contribution in [2.45, 2.75) is 25.4 Å². The monoisotopic (exact) mass is 299 g/mol. The molecule has 0 bridgehead atoms. The van der Waals surface area contributed by atoms with E-state index in [0.717, 1.165) is 18.9 Å². The second kappa shape index (κ2) is 6.31. The van der Waals surface area contributed by atoms with Crippen LogP contribution in [0.5, 0.6) is 0 Å². The molecule has 1 aromatic rings. The highest BCUT2D eigenvalue weighted by atomic mass is 19.4. The lowest BCUT2D eigenvalue weighted by molar-refractivity contribution is -0.141. The number of aliphatic hydroxyl groups is 1. The van der Waals surface area contributed by atoms with Crippen molar-refractivity contribution in [1.82, 2.24) is 4.98 Å².